The van der Waals surface area contributed by atoms with Crippen molar-refractivity contribution in [3.63, 3.8) is 0 Å². The fourth-order valence-corrected chi connectivity index (χ4v) is 13.3. The van der Waals surface area contributed by atoms with Crippen molar-refractivity contribution in [1.29, 1.82) is 0 Å². The second-order valence-corrected chi connectivity index (χ2v) is 21.4. The van der Waals surface area contributed by atoms with Crippen LogP contribution in [0.25, 0.3) is 32.8 Å². The second kappa shape index (κ2) is 18.5. The largest absolute Gasteiger partial charge is 0.462 e. The molecular weight excluding hydrogens is 1010 g/mol. The van der Waals surface area contributed by atoms with Crippen LogP contribution >= 0.6 is 78.1 Å². The maximum absolute atomic E-state index is 14.3. The number of fused-ring (bicyclic) bond motifs is 6. The lowest BCUT2D eigenvalue weighted by molar-refractivity contribution is 0.0521. The minimum Gasteiger partial charge on any atom is -0.462 e. The van der Waals surface area contributed by atoms with Crippen LogP contribution in [0.15, 0.2) is 127 Å². The molecular formula is C50H38Br2N2O6S4. The van der Waals surface area contributed by atoms with Crippen molar-refractivity contribution in [2.45, 2.75) is 47.6 Å². The van der Waals surface area contributed by atoms with Gasteiger partial charge in [-0.3, -0.25) is 9.59 Å². The molecule has 3 aromatic carbocycles. The number of benzene rings is 3. The first-order valence-electron chi connectivity index (χ1n) is 20.4. The fraction of sp³-hybridized carbons (Fsp3) is 0.160. The zero-order chi connectivity index (χ0) is 44.8. The molecule has 0 radical (unpaired) electrons. The third kappa shape index (κ3) is 8.29. The smallest absolute Gasteiger partial charge is 0.341 e. The first-order valence-corrected chi connectivity index (χ1v) is 25.6. The highest BCUT2D eigenvalue weighted by atomic mass is 79.9. The lowest BCUT2D eigenvalue weighted by Crippen LogP contribution is -2.06. The first-order chi connectivity index (χ1) is 30.9. The van der Waals surface area contributed by atoms with E-state index in [1.807, 2.05) is 89.6 Å². The summed E-state index contributed by atoms with van der Waals surface area (Å²) >= 11 is 13.0. The summed E-state index contributed by atoms with van der Waals surface area (Å²) in [5, 5.41) is 1.21. The molecule has 0 spiro atoms. The molecule has 322 valence electrons. The molecule has 9 rings (SSSR count). The number of carbonyl (C=O) groups excluding carboxylic acids is 4. The van der Waals surface area contributed by atoms with Crippen LogP contribution in [0.4, 0.5) is 0 Å². The molecule has 0 aliphatic rings. The number of thioether (sulfide) groups is 2. The van der Waals surface area contributed by atoms with Gasteiger partial charge in [-0.25, -0.2) is 9.59 Å². The van der Waals surface area contributed by atoms with Gasteiger partial charge in [-0.05, 0) is 123 Å². The average molecular weight is 1050 g/mol. The SMILES string of the molecule is CCOC(=O)c1c2c(C(=O)c3ccc(Br)cc3)sc(SCc3cccc(CSc4sc(C(=O)c5ccc(Br)cc5)c5c(C(=O)OCC)c6cc(C)ccn6c45)c3)c2n2ccc(C)cc12. The summed E-state index contributed by atoms with van der Waals surface area (Å²) < 4.78 is 18.8. The number of ketones is 2. The number of hydrogen-bond donors (Lipinski definition) is 0. The van der Waals surface area contributed by atoms with Gasteiger partial charge in [-0.15, -0.1) is 46.2 Å². The monoisotopic (exact) mass is 1050 g/mol. The van der Waals surface area contributed by atoms with Crippen LogP contribution in [0.3, 0.4) is 0 Å². The van der Waals surface area contributed by atoms with E-state index in [9.17, 15) is 19.2 Å². The standard InChI is InChI=1S/C50H38Br2N2O6S4/c1-5-59-47(57)37-35-22-27(3)18-20-53(35)41-39(37)45(43(55)31-10-14-33(51)15-11-31)63-49(41)61-25-29-8-7-9-30(24-29)26-62-50-42-40(46(64-50)44(56)32-12-16-34(52)17-13-32)38(48(58)60-6-2)36-23-28(4)19-21-54(36)42/h7-24H,5-6,25-26H2,1-4H3. The molecule has 6 heterocycles. The Labute approximate surface area is 402 Å². The summed E-state index contributed by atoms with van der Waals surface area (Å²) in [4.78, 5) is 57.0. The number of hydrogen-bond acceptors (Lipinski definition) is 10. The number of nitrogens with zero attached hydrogens (tertiary/aromatic N) is 2. The van der Waals surface area contributed by atoms with Gasteiger partial charge in [0.25, 0.3) is 0 Å². The van der Waals surface area contributed by atoms with E-state index in [-0.39, 0.29) is 24.8 Å². The van der Waals surface area contributed by atoms with Crippen molar-refractivity contribution < 1.29 is 28.7 Å². The Bertz CT molecular complexity index is 3110. The maximum Gasteiger partial charge on any atom is 0.341 e. The minimum absolute atomic E-state index is 0.156. The molecule has 6 aromatic heterocycles. The molecule has 8 nitrogen and oxygen atoms in total. The van der Waals surface area contributed by atoms with Crippen molar-refractivity contribution in [1.82, 2.24) is 8.80 Å². The van der Waals surface area contributed by atoms with Gasteiger partial charge in [0.15, 0.2) is 0 Å². The van der Waals surface area contributed by atoms with Crippen LogP contribution < -0.4 is 0 Å². The molecule has 0 bridgehead atoms. The summed E-state index contributed by atoms with van der Waals surface area (Å²) in [6.45, 7) is 7.94. The van der Waals surface area contributed by atoms with Crippen LogP contribution in [-0.2, 0) is 21.0 Å². The molecule has 0 N–H and O–H groups in total. The fourth-order valence-electron chi connectivity index (χ4n) is 7.85. The lowest BCUT2D eigenvalue weighted by Gasteiger charge is -2.07. The van der Waals surface area contributed by atoms with Gasteiger partial charge in [0, 0.05) is 54.7 Å². The summed E-state index contributed by atoms with van der Waals surface area (Å²) in [6.07, 6.45) is 3.92. The predicted molar refractivity (Wildman–Crippen MR) is 268 cm³/mol. The van der Waals surface area contributed by atoms with Gasteiger partial charge >= 0.3 is 11.9 Å². The van der Waals surface area contributed by atoms with Crippen molar-refractivity contribution in [2.24, 2.45) is 0 Å². The Hall–Kier alpha value is -4.96. The number of rotatable bonds is 14. The van der Waals surface area contributed by atoms with Gasteiger partial charge in [-0.1, -0.05) is 56.1 Å². The highest BCUT2D eigenvalue weighted by Crippen LogP contribution is 2.47. The molecule has 0 saturated heterocycles. The Kier molecular flexibility index (Phi) is 12.8. The molecule has 9 aromatic rings. The third-order valence-corrected chi connectivity index (χ3v) is 16.8. The van der Waals surface area contributed by atoms with Crippen LogP contribution in [0.2, 0.25) is 0 Å². The lowest BCUT2D eigenvalue weighted by atomic mass is 10.1. The van der Waals surface area contributed by atoms with Crippen molar-refractivity contribution in [2.75, 3.05) is 13.2 Å². The number of pyridine rings is 2. The maximum atomic E-state index is 14.3. The minimum atomic E-state index is -0.460. The quantitative estimate of drug-likeness (QED) is 0.0604. The van der Waals surface area contributed by atoms with Crippen molar-refractivity contribution >= 4 is 134 Å². The van der Waals surface area contributed by atoms with E-state index in [4.69, 9.17) is 9.47 Å². The first kappa shape index (κ1) is 44.3. The Morgan fingerprint density at radius 1 is 0.578 bits per heavy atom. The third-order valence-electron chi connectivity index (χ3n) is 10.7. The Morgan fingerprint density at radius 3 is 1.38 bits per heavy atom. The summed E-state index contributed by atoms with van der Waals surface area (Å²) in [5.74, 6) is -0.0212. The van der Waals surface area contributed by atoms with Crippen LogP contribution in [-0.4, -0.2) is 45.5 Å². The van der Waals surface area contributed by atoms with Gasteiger partial charge in [0.1, 0.15) is 0 Å². The number of carbonyl (C=O) groups is 4. The molecule has 0 unspecified atom stereocenters. The molecule has 0 aliphatic heterocycles. The number of aromatic nitrogens is 2. The summed E-state index contributed by atoms with van der Waals surface area (Å²) in [5.41, 5.74) is 9.03. The molecule has 64 heavy (non-hydrogen) atoms. The Balaban J connectivity index is 1.07. The predicted octanol–water partition coefficient (Wildman–Crippen LogP) is 14.2. The number of ether oxygens (including phenoxy) is 2. The molecule has 0 fully saturated rings. The van der Waals surface area contributed by atoms with E-state index < -0.39 is 11.9 Å². The topological polar surface area (TPSA) is 95.6 Å². The van der Waals surface area contributed by atoms with Crippen LogP contribution in [0.5, 0.6) is 0 Å². The number of thiophene rings is 2. The van der Waals surface area contributed by atoms with Gasteiger partial charge in [0.05, 0.1) is 64.6 Å². The summed E-state index contributed by atoms with van der Waals surface area (Å²) in [6, 6.07) is 30.9. The second-order valence-electron chi connectivity index (χ2n) is 15.1. The molecule has 0 aliphatic carbocycles. The number of aryl methyl sites for hydroxylation is 2. The highest BCUT2D eigenvalue weighted by Gasteiger charge is 2.32. The summed E-state index contributed by atoms with van der Waals surface area (Å²) in [7, 11) is 0. The van der Waals surface area contributed by atoms with E-state index >= 15 is 0 Å². The number of halogens is 2. The Morgan fingerprint density at radius 2 is 0.984 bits per heavy atom. The van der Waals surface area contributed by atoms with E-state index in [0.717, 1.165) is 50.7 Å². The number of esters is 2. The van der Waals surface area contributed by atoms with Crippen molar-refractivity contribution in [3.8, 4) is 0 Å². The zero-order valence-electron chi connectivity index (χ0n) is 35.0. The van der Waals surface area contributed by atoms with Gasteiger partial charge < -0.3 is 18.3 Å². The van der Waals surface area contributed by atoms with Gasteiger partial charge in [0.2, 0.25) is 11.6 Å². The van der Waals surface area contributed by atoms with E-state index in [2.05, 4.69) is 50.1 Å². The van der Waals surface area contributed by atoms with E-state index in [1.165, 1.54) is 22.7 Å². The van der Waals surface area contributed by atoms with Crippen LogP contribution in [0.1, 0.15) is 87.3 Å². The molecule has 0 amide bonds. The van der Waals surface area contributed by atoms with Crippen LogP contribution in [0, 0.1) is 13.8 Å². The normalized spacial score (nSPS) is 11.6. The van der Waals surface area contributed by atoms with Crippen molar-refractivity contribution in [3.05, 3.63) is 173 Å². The average Bonchev–Trinajstić information content (AvgIpc) is 4.02. The van der Waals surface area contributed by atoms with Gasteiger partial charge in [-0.2, -0.15) is 0 Å². The zero-order valence-corrected chi connectivity index (χ0v) is 41.4. The molecule has 0 atom stereocenters. The van der Waals surface area contributed by atoms with E-state index in [1.54, 1.807) is 61.6 Å². The molecule has 14 heteroatoms. The molecule has 0 saturated carbocycles. The van der Waals surface area contributed by atoms with E-state index in [0.29, 0.717) is 65.3 Å². The highest BCUT2D eigenvalue weighted by molar-refractivity contribution is 9.10.